The Morgan fingerprint density at radius 3 is 2.53 bits per heavy atom. The van der Waals surface area contributed by atoms with Gasteiger partial charge >= 0.3 is 0 Å². The summed E-state index contributed by atoms with van der Waals surface area (Å²) in [6.07, 6.45) is 3.92. The summed E-state index contributed by atoms with van der Waals surface area (Å²) in [6.45, 7) is 2.57. The molecule has 0 saturated heterocycles. The fraction of sp³-hybridized carbons (Fsp3) is 0.833. The van der Waals surface area contributed by atoms with Gasteiger partial charge in [-0.2, -0.15) is 0 Å². The largest absolute Gasteiger partial charge is 0.358 e. The van der Waals surface area contributed by atoms with Crippen molar-refractivity contribution in [3.8, 4) is 0 Å². The number of hydrogen-bond donors (Lipinski definition) is 2. The van der Waals surface area contributed by atoms with Crippen LogP contribution in [-0.2, 0) is 9.59 Å². The molecular formula is C12H23N3O2. The van der Waals surface area contributed by atoms with Gasteiger partial charge in [0.05, 0.1) is 12.5 Å². The van der Waals surface area contributed by atoms with Crippen molar-refractivity contribution in [1.29, 1.82) is 0 Å². The van der Waals surface area contributed by atoms with Crippen molar-refractivity contribution in [2.24, 2.45) is 11.7 Å². The third-order valence-electron chi connectivity index (χ3n) is 3.44. The highest BCUT2D eigenvalue weighted by atomic mass is 16.2. The van der Waals surface area contributed by atoms with Crippen molar-refractivity contribution in [2.45, 2.75) is 38.6 Å². The molecule has 2 unspecified atom stereocenters. The summed E-state index contributed by atoms with van der Waals surface area (Å²) in [6, 6.07) is -0.0463. The van der Waals surface area contributed by atoms with Crippen LogP contribution in [-0.4, -0.2) is 42.9 Å². The molecule has 0 aliphatic heterocycles. The van der Waals surface area contributed by atoms with E-state index >= 15 is 0 Å². The Labute approximate surface area is 103 Å². The van der Waals surface area contributed by atoms with E-state index in [2.05, 4.69) is 5.32 Å². The highest BCUT2D eigenvalue weighted by Gasteiger charge is 2.31. The first-order valence-electron chi connectivity index (χ1n) is 6.35. The topological polar surface area (TPSA) is 75.4 Å². The number of nitrogens with zero attached hydrogens (tertiary/aromatic N) is 1. The zero-order valence-corrected chi connectivity index (χ0v) is 10.7. The molecule has 2 amide bonds. The van der Waals surface area contributed by atoms with Crippen LogP contribution in [0.5, 0.6) is 0 Å². The van der Waals surface area contributed by atoms with Crippen LogP contribution >= 0.6 is 0 Å². The lowest BCUT2D eigenvalue weighted by Gasteiger charge is -2.32. The van der Waals surface area contributed by atoms with E-state index in [0.717, 1.165) is 25.7 Å². The van der Waals surface area contributed by atoms with Crippen molar-refractivity contribution in [3.05, 3.63) is 0 Å². The maximum atomic E-state index is 12.3. The molecule has 3 N–H and O–H groups in total. The van der Waals surface area contributed by atoms with Gasteiger partial charge in [0.1, 0.15) is 0 Å². The Hall–Kier alpha value is -1.10. The zero-order valence-electron chi connectivity index (χ0n) is 10.7. The van der Waals surface area contributed by atoms with Crippen LogP contribution in [0.4, 0.5) is 0 Å². The van der Waals surface area contributed by atoms with Crippen LogP contribution in [0, 0.1) is 5.92 Å². The number of hydrogen-bond acceptors (Lipinski definition) is 3. The first kappa shape index (κ1) is 14.0. The first-order valence-corrected chi connectivity index (χ1v) is 6.35. The van der Waals surface area contributed by atoms with Gasteiger partial charge in [0, 0.05) is 19.6 Å². The quantitative estimate of drug-likeness (QED) is 0.733. The molecule has 5 nitrogen and oxygen atoms in total. The van der Waals surface area contributed by atoms with E-state index in [-0.39, 0.29) is 30.3 Å². The second kappa shape index (κ2) is 6.59. The van der Waals surface area contributed by atoms with Gasteiger partial charge in [0.25, 0.3) is 0 Å². The summed E-state index contributed by atoms with van der Waals surface area (Å²) >= 11 is 0. The molecule has 2 atom stereocenters. The number of likely N-dealkylation sites (N-methyl/N-ethyl adjacent to an activating group) is 2. The smallest absolute Gasteiger partial charge is 0.239 e. The van der Waals surface area contributed by atoms with Crippen molar-refractivity contribution < 1.29 is 9.59 Å². The lowest BCUT2D eigenvalue weighted by atomic mass is 9.84. The van der Waals surface area contributed by atoms with Crippen molar-refractivity contribution >= 4 is 11.8 Å². The van der Waals surface area contributed by atoms with E-state index < -0.39 is 0 Å². The van der Waals surface area contributed by atoms with Crippen LogP contribution in [0.15, 0.2) is 0 Å². The molecule has 98 valence electrons. The van der Waals surface area contributed by atoms with Gasteiger partial charge in [-0.3, -0.25) is 9.59 Å². The Kier molecular flexibility index (Phi) is 5.41. The summed E-state index contributed by atoms with van der Waals surface area (Å²) < 4.78 is 0. The SMILES string of the molecule is CCN(CC(=O)NC)C(=O)C1CCCCC1N. The minimum atomic E-state index is -0.135. The maximum absolute atomic E-state index is 12.3. The molecule has 5 heteroatoms. The molecule has 17 heavy (non-hydrogen) atoms. The fourth-order valence-corrected chi connectivity index (χ4v) is 2.30. The molecule has 0 heterocycles. The van der Waals surface area contributed by atoms with Gasteiger partial charge in [-0.25, -0.2) is 0 Å². The number of carbonyl (C=O) groups is 2. The van der Waals surface area contributed by atoms with Gasteiger partial charge in [0.2, 0.25) is 11.8 Å². The van der Waals surface area contributed by atoms with Gasteiger partial charge in [0.15, 0.2) is 0 Å². The van der Waals surface area contributed by atoms with Crippen LogP contribution in [0.1, 0.15) is 32.6 Å². The Morgan fingerprint density at radius 2 is 2.00 bits per heavy atom. The molecule has 1 aliphatic carbocycles. The Balaban J connectivity index is 2.61. The average molecular weight is 241 g/mol. The monoisotopic (exact) mass is 241 g/mol. The number of nitrogens with two attached hydrogens (primary N) is 1. The zero-order chi connectivity index (χ0) is 12.8. The normalized spacial score (nSPS) is 24.2. The molecule has 1 saturated carbocycles. The predicted octanol–water partition coefficient (Wildman–Crippen LogP) is 0.0984. The third-order valence-corrected chi connectivity index (χ3v) is 3.44. The fourth-order valence-electron chi connectivity index (χ4n) is 2.30. The van der Waals surface area contributed by atoms with E-state index in [0.29, 0.717) is 6.54 Å². The molecule has 0 aromatic rings. The maximum Gasteiger partial charge on any atom is 0.239 e. The average Bonchev–Trinajstić information content (AvgIpc) is 2.35. The minimum absolute atomic E-state index is 0.0308. The standard InChI is InChI=1S/C12H23N3O2/c1-3-15(8-11(16)14-2)12(17)9-6-4-5-7-10(9)13/h9-10H,3-8,13H2,1-2H3,(H,14,16). The highest BCUT2D eigenvalue weighted by Crippen LogP contribution is 2.24. The molecule has 0 radical (unpaired) electrons. The molecule has 1 fully saturated rings. The molecule has 0 spiro atoms. The number of carbonyl (C=O) groups excluding carboxylic acids is 2. The van der Waals surface area contributed by atoms with Crippen molar-refractivity contribution in [3.63, 3.8) is 0 Å². The summed E-state index contributed by atoms with van der Waals surface area (Å²) in [7, 11) is 1.58. The highest BCUT2D eigenvalue weighted by molar-refractivity contribution is 5.86. The summed E-state index contributed by atoms with van der Waals surface area (Å²) in [5.74, 6) is -0.207. The first-order chi connectivity index (χ1) is 8.10. The molecule has 0 bridgehead atoms. The molecule has 1 rings (SSSR count). The third kappa shape index (κ3) is 3.70. The molecular weight excluding hydrogens is 218 g/mol. The molecule has 0 aromatic carbocycles. The van der Waals surface area contributed by atoms with Gasteiger partial charge in [-0.1, -0.05) is 12.8 Å². The lowest BCUT2D eigenvalue weighted by Crippen LogP contribution is -2.48. The van der Waals surface area contributed by atoms with E-state index in [9.17, 15) is 9.59 Å². The molecule has 0 aromatic heterocycles. The van der Waals surface area contributed by atoms with Crippen LogP contribution < -0.4 is 11.1 Å². The Morgan fingerprint density at radius 1 is 1.35 bits per heavy atom. The molecule has 1 aliphatic rings. The van der Waals surface area contributed by atoms with Gasteiger partial charge in [-0.15, -0.1) is 0 Å². The minimum Gasteiger partial charge on any atom is -0.358 e. The summed E-state index contributed by atoms with van der Waals surface area (Å²) in [4.78, 5) is 25.2. The Bertz CT molecular complexity index is 281. The number of amides is 2. The van der Waals surface area contributed by atoms with E-state index in [1.54, 1.807) is 11.9 Å². The number of rotatable bonds is 4. The van der Waals surface area contributed by atoms with Crippen LogP contribution in [0.2, 0.25) is 0 Å². The second-order valence-corrected chi connectivity index (χ2v) is 4.58. The van der Waals surface area contributed by atoms with Gasteiger partial charge in [-0.05, 0) is 19.8 Å². The second-order valence-electron chi connectivity index (χ2n) is 4.58. The van der Waals surface area contributed by atoms with Crippen molar-refractivity contribution in [2.75, 3.05) is 20.1 Å². The van der Waals surface area contributed by atoms with Crippen LogP contribution in [0.25, 0.3) is 0 Å². The summed E-state index contributed by atoms with van der Waals surface area (Å²) in [5.41, 5.74) is 5.99. The van der Waals surface area contributed by atoms with E-state index in [1.807, 2.05) is 6.92 Å². The van der Waals surface area contributed by atoms with Crippen molar-refractivity contribution in [1.82, 2.24) is 10.2 Å². The van der Waals surface area contributed by atoms with Gasteiger partial charge < -0.3 is 16.0 Å². The van der Waals surface area contributed by atoms with E-state index in [1.165, 1.54) is 0 Å². The van der Waals surface area contributed by atoms with E-state index in [4.69, 9.17) is 5.73 Å². The lowest BCUT2D eigenvalue weighted by molar-refractivity contribution is -0.140. The number of nitrogens with one attached hydrogen (secondary N) is 1. The predicted molar refractivity (Wildman–Crippen MR) is 66.3 cm³/mol. The summed E-state index contributed by atoms with van der Waals surface area (Å²) in [5, 5.41) is 2.53. The van der Waals surface area contributed by atoms with Crippen LogP contribution in [0.3, 0.4) is 0 Å².